The highest BCUT2D eigenvalue weighted by Gasteiger charge is 2.29. The van der Waals surface area contributed by atoms with Crippen LogP contribution < -0.4 is 5.32 Å². The number of nitrogens with zero attached hydrogens (tertiary/aromatic N) is 2. The van der Waals surface area contributed by atoms with Gasteiger partial charge < -0.3 is 10.2 Å². The van der Waals surface area contributed by atoms with E-state index in [-0.39, 0.29) is 18.0 Å². The Morgan fingerprint density at radius 2 is 2.13 bits per heavy atom. The third kappa shape index (κ3) is 3.38. The summed E-state index contributed by atoms with van der Waals surface area (Å²) in [5, 5.41) is 6.93. The third-order valence-electron chi connectivity index (χ3n) is 4.18. The van der Waals surface area contributed by atoms with Crippen molar-refractivity contribution in [2.24, 2.45) is 0 Å². The Kier molecular flexibility index (Phi) is 4.92. The lowest BCUT2D eigenvalue weighted by Crippen LogP contribution is -2.57. The first kappa shape index (κ1) is 16.7. The number of thiazole rings is 1. The van der Waals surface area contributed by atoms with Crippen LogP contribution in [0.2, 0.25) is 10.0 Å². The number of hydrogen-bond acceptors (Lipinski definition) is 4. The van der Waals surface area contributed by atoms with Crippen molar-refractivity contribution in [1.29, 1.82) is 0 Å². The number of halogens is 2. The lowest BCUT2D eigenvalue weighted by Gasteiger charge is -2.38. The summed E-state index contributed by atoms with van der Waals surface area (Å²) in [6.45, 7) is 5.65. The normalized spacial score (nSPS) is 21.5. The summed E-state index contributed by atoms with van der Waals surface area (Å²) in [5.41, 5.74) is 1.35. The topological polar surface area (TPSA) is 45.2 Å². The highest BCUT2D eigenvalue weighted by atomic mass is 35.5. The Labute approximate surface area is 149 Å². The number of nitrogens with one attached hydrogen (secondary N) is 1. The first-order valence-electron chi connectivity index (χ1n) is 7.42. The van der Waals surface area contributed by atoms with E-state index in [2.05, 4.69) is 24.1 Å². The van der Waals surface area contributed by atoms with Gasteiger partial charge in [-0.05, 0) is 26.0 Å². The second-order valence-corrected chi connectivity index (χ2v) is 7.32. The molecule has 4 nitrogen and oxygen atoms in total. The summed E-state index contributed by atoms with van der Waals surface area (Å²) in [5.74, 6) is -0.0200. The van der Waals surface area contributed by atoms with Crippen LogP contribution in [0.5, 0.6) is 0 Å². The van der Waals surface area contributed by atoms with Crippen molar-refractivity contribution in [2.75, 3.05) is 13.1 Å². The summed E-state index contributed by atoms with van der Waals surface area (Å²) in [6, 6.07) is 5.79. The highest BCUT2D eigenvalue weighted by Crippen LogP contribution is 2.30. The zero-order valence-electron chi connectivity index (χ0n) is 12.8. The van der Waals surface area contributed by atoms with E-state index >= 15 is 0 Å². The van der Waals surface area contributed by atoms with Crippen LogP contribution in [0.25, 0.3) is 10.6 Å². The minimum absolute atomic E-state index is 0.0200. The van der Waals surface area contributed by atoms with Crippen LogP contribution in [0.1, 0.15) is 24.3 Å². The van der Waals surface area contributed by atoms with Crippen molar-refractivity contribution >= 4 is 40.4 Å². The van der Waals surface area contributed by atoms with E-state index in [9.17, 15) is 4.79 Å². The predicted molar refractivity (Wildman–Crippen MR) is 95.5 cm³/mol. The van der Waals surface area contributed by atoms with Crippen molar-refractivity contribution in [1.82, 2.24) is 15.2 Å². The second kappa shape index (κ2) is 6.77. The summed E-state index contributed by atoms with van der Waals surface area (Å²) in [7, 11) is 0. The van der Waals surface area contributed by atoms with Gasteiger partial charge in [-0.2, -0.15) is 0 Å². The van der Waals surface area contributed by atoms with Gasteiger partial charge in [0.1, 0.15) is 10.7 Å². The summed E-state index contributed by atoms with van der Waals surface area (Å²) >= 11 is 13.4. The molecule has 1 aliphatic rings. The van der Waals surface area contributed by atoms with Gasteiger partial charge in [0.05, 0.1) is 10.0 Å². The van der Waals surface area contributed by atoms with Crippen LogP contribution >= 0.6 is 34.5 Å². The number of hydrogen-bond donors (Lipinski definition) is 1. The van der Waals surface area contributed by atoms with Gasteiger partial charge in [-0.25, -0.2) is 4.98 Å². The molecule has 1 aromatic heterocycles. The molecule has 1 fully saturated rings. The van der Waals surface area contributed by atoms with Gasteiger partial charge in [-0.1, -0.05) is 29.3 Å². The van der Waals surface area contributed by atoms with Gasteiger partial charge in [-0.15, -0.1) is 11.3 Å². The van der Waals surface area contributed by atoms with E-state index in [4.69, 9.17) is 23.2 Å². The van der Waals surface area contributed by atoms with E-state index in [1.54, 1.807) is 17.5 Å². The maximum absolute atomic E-state index is 12.7. The third-order valence-corrected chi connectivity index (χ3v) is 5.82. The Morgan fingerprint density at radius 1 is 1.35 bits per heavy atom. The Bertz CT molecular complexity index is 734. The van der Waals surface area contributed by atoms with Crippen LogP contribution in [0, 0.1) is 0 Å². The zero-order valence-corrected chi connectivity index (χ0v) is 15.2. The molecule has 0 bridgehead atoms. The summed E-state index contributed by atoms with van der Waals surface area (Å²) in [4.78, 5) is 19.1. The van der Waals surface area contributed by atoms with Gasteiger partial charge in [0, 0.05) is 36.1 Å². The average molecular weight is 370 g/mol. The molecular weight excluding hydrogens is 353 g/mol. The molecular formula is C16H17Cl2N3OS. The molecule has 1 N–H and O–H groups in total. The van der Waals surface area contributed by atoms with Crippen molar-refractivity contribution in [2.45, 2.75) is 25.9 Å². The molecule has 2 heterocycles. The van der Waals surface area contributed by atoms with Gasteiger partial charge in [-0.3, -0.25) is 4.79 Å². The Balaban J connectivity index is 1.83. The van der Waals surface area contributed by atoms with Gasteiger partial charge in [0.2, 0.25) is 0 Å². The minimum atomic E-state index is -0.0200. The van der Waals surface area contributed by atoms with Crippen molar-refractivity contribution in [3.63, 3.8) is 0 Å². The zero-order chi connectivity index (χ0) is 16.6. The molecule has 3 rings (SSSR count). The van der Waals surface area contributed by atoms with Crippen LogP contribution in [0.15, 0.2) is 23.6 Å². The molecule has 2 atom stereocenters. The van der Waals surface area contributed by atoms with E-state index in [1.807, 2.05) is 11.0 Å². The quantitative estimate of drug-likeness (QED) is 0.871. The van der Waals surface area contributed by atoms with Crippen LogP contribution in [0.4, 0.5) is 0 Å². The van der Waals surface area contributed by atoms with E-state index < -0.39 is 0 Å². The maximum atomic E-state index is 12.7. The van der Waals surface area contributed by atoms with Crippen LogP contribution in [-0.2, 0) is 0 Å². The first-order chi connectivity index (χ1) is 11.0. The predicted octanol–water partition coefficient (Wildman–Crippen LogP) is 3.94. The molecule has 0 spiro atoms. The lowest BCUT2D eigenvalue weighted by molar-refractivity contribution is 0.0598. The molecule has 1 amide bonds. The largest absolute Gasteiger partial charge is 0.332 e. The first-order valence-corrected chi connectivity index (χ1v) is 9.06. The van der Waals surface area contributed by atoms with Crippen molar-refractivity contribution in [3.05, 3.63) is 39.3 Å². The monoisotopic (exact) mass is 369 g/mol. The molecule has 1 aromatic carbocycles. The second-order valence-electron chi connectivity index (χ2n) is 5.65. The summed E-state index contributed by atoms with van der Waals surface area (Å²) in [6.07, 6.45) is 0. The standard InChI is InChI=1S/C16H17Cl2N3OS/c1-9-10(2)21(6-5-19-9)16(22)14-8-23-15(20-14)11-3-4-12(17)13(18)7-11/h3-4,7-10,19H,5-6H2,1-2H3. The highest BCUT2D eigenvalue weighted by molar-refractivity contribution is 7.13. The number of amides is 1. The molecule has 2 aromatic rings. The molecule has 0 saturated carbocycles. The fraction of sp³-hybridized carbons (Fsp3) is 0.375. The maximum Gasteiger partial charge on any atom is 0.273 e. The minimum Gasteiger partial charge on any atom is -0.332 e. The number of carbonyl (C=O) groups is 1. The number of rotatable bonds is 2. The number of aromatic nitrogens is 1. The molecule has 0 radical (unpaired) electrons. The molecule has 0 aliphatic carbocycles. The van der Waals surface area contributed by atoms with E-state index in [0.29, 0.717) is 22.3 Å². The van der Waals surface area contributed by atoms with Gasteiger partial charge >= 0.3 is 0 Å². The molecule has 7 heteroatoms. The van der Waals surface area contributed by atoms with Crippen molar-refractivity contribution in [3.8, 4) is 10.6 Å². The number of piperazine rings is 1. The lowest BCUT2D eigenvalue weighted by atomic mass is 10.1. The Morgan fingerprint density at radius 3 is 2.87 bits per heavy atom. The molecule has 23 heavy (non-hydrogen) atoms. The van der Waals surface area contributed by atoms with E-state index in [1.165, 1.54) is 11.3 Å². The summed E-state index contributed by atoms with van der Waals surface area (Å²) < 4.78 is 0. The van der Waals surface area contributed by atoms with Gasteiger partial charge in [0.15, 0.2) is 0 Å². The molecule has 1 aliphatic heterocycles. The molecule has 122 valence electrons. The fourth-order valence-corrected chi connectivity index (χ4v) is 3.71. The average Bonchev–Trinajstić information content (AvgIpc) is 3.02. The number of benzene rings is 1. The van der Waals surface area contributed by atoms with Gasteiger partial charge in [0.25, 0.3) is 5.91 Å². The van der Waals surface area contributed by atoms with Crippen LogP contribution in [0.3, 0.4) is 0 Å². The molecule has 2 unspecified atom stereocenters. The SMILES string of the molecule is CC1NCCN(C(=O)c2csc(-c3ccc(Cl)c(Cl)c3)n2)C1C. The number of carbonyl (C=O) groups excluding carboxylic acids is 1. The Hall–Kier alpha value is -1.14. The smallest absolute Gasteiger partial charge is 0.273 e. The fourth-order valence-electron chi connectivity index (χ4n) is 2.62. The molecule has 1 saturated heterocycles. The van der Waals surface area contributed by atoms with Crippen LogP contribution in [-0.4, -0.2) is 41.0 Å². The van der Waals surface area contributed by atoms with E-state index in [0.717, 1.165) is 17.1 Å². The van der Waals surface area contributed by atoms with Crippen molar-refractivity contribution < 1.29 is 4.79 Å².